The molecule has 0 aliphatic heterocycles. The first-order valence-corrected chi connectivity index (χ1v) is 7.12. The molecule has 3 nitrogen and oxygen atoms in total. The first-order valence-electron chi connectivity index (χ1n) is 6.75. The number of hydrogen-bond acceptors (Lipinski definition) is 2. The Labute approximate surface area is 123 Å². The van der Waals surface area contributed by atoms with Crippen LogP contribution < -0.4 is 5.32 Å². The maximum atomic E-state index is 12.3. The number of nitrogens with zero attached hydrogens (tertiary/aromatic N) is 1. The van der Waals surface area contributed by atoms with Crippen LogP contribution >= 0.6 is 11.6 Å². The van der Waals surface area contributed by atoms with Crippen LogP contribution in [-0.4, -0.2) is 10.9 Å². The molecule has 0 radical (unpaired) electrons. The van der Waals surface area contributed by atoms with Crippen LogP contribution in [0.4, 0.5) is 0 Å². The number of pyridine rings is 1. The van der Waals surface area contributed by atoms with E-state index in [-0.39, 0.29) is 17.1 Å². The average Bonchev–Trinajstić information content (AvgIpc) is 2.48. The van der Waals surface area contributed by atoms with Crippen LogP contribution in [0.15, 0.2) is 42.6 Å². The van der Waals surface area contributed by atoms with Gasteiger partial charge in [0.1, 0.15) is 5.15 Å². The molecule has 0 spiro atoms. The molecule has 0 unspecified atom stereocenters. The van der Waals surface area contributed by atoms with Gasteiger partial charge in [0.05, 0.1) is 11.6 Å². The second-order valence-corrected chi connectivity index (χ2v) is 5.32. The van der Waals surface area contributed by atoms with E-state index < -0.39 is 0 Å². The molecule has 1 aliphatic carbocycles. The quantitative estimate of drug-likeness (QED) is 0.858. The van der Waals surface area contributed by atoms with Crippen molar-refractivity contribution in [2.75, 3.05) is 0 Å². The maximum absolute atomic E-state index is 12.3. The second kappa shape index (κ2) is 5.63. The number of nitrogens with one attached hydrogen (secondary N) is 1. The zero-order valence-electron chi connectivity index (χ0n) is 11.0. The van der Waals surface area contributed by atoms with Gasteiger partial charge in [0.15, 0.2) is 0 Å². The first-order chi connectivity index (χ1) is 9.75. The number of amides is 1. The van der Waals surface area contributed by atoms with Crippen LogP contribution in [0.2, 0.25) is 5.15 Å². The first kappa shape index (κ1) is 13.1. The smallest absolute Gasteiger partial charge is 0.254 e. The molecule has 1 aliphatic rings. The average molecular weight is 287 g/mol. The number of benzene rings is 1. The summed E-state index contributed by atoms with van der Waals surface area (Å²) in [5.41, 5.74) is 2.96. The van der Waals surface area contributed by atoms with Crippen molar-refractivity contribution in [2.45, 2.75) is 25.3 Å². The number of rotatable bonds is 2. The molecule has 1 heterocycles. The molecule has 20 heavy (non-hydrogen) atoms. The molecular weight excluding hydrogens is 272 g/mol. The van der Waals surface area contributed by atoms with Gasteiger partial charge < -0.3 is 5.32 Å². The van der Waals surface area contributed by atoms with Gasteiger partial charge in [-0.2, -0.15) is 0 Å². The van der Waals surface area contributed by atoms with Crippen LogP contribution in [0, 0.1) is 0 Å². The van der Waals surface area contributed by atoms with E-state index >= 15 is 0 Å². The number of aryl methyl sites for hydroxylation is 1. The Morgan fingerprint density at radius 1 is 1.25 bits per heavy atom. The SMILES string of the molecule is O=C(N[C@H]1CCCc2ccccc21)c1cccnc1Cl. The van der Waals surface area contributed by atoms with E-state index in [1.54, 1.807) is 18.3 Å². The summed E-state index contributed by atoms with van der Waals surface area (Å²) in [7, 11) is 0. The minimum absolute atomic E-state index is 0.0590. The van der Waals surface area contributed by atoms with Gasteiger partial charge in [0.25, 0.3) is 5.91 Å². The number of carbonyl (C=O) groups is 1. The van der Waals surface area contributed by atoms with Crippen molar-refractivity contribution < 1.29 is 4.79 Å². The molecule has 0 fully saturated rings. The Kier molecular flexibility index (Phi) is 3.70. The summed E-state index contributed by atoms with van der Waals surface area (Å²) in [6.45, 7) is 0. The summed E-state index contributed by atoms with van der Waals surface area (Å²) in [6, 6.07) is 11.7. The molecule has 1 aromatic carbocycles. The Balaban J connectivity index is 1.83. The second-order valence-electron chi connectivity index (χ2n) is 4.96. The molecule has 1 aromatic heterocycles. The fourth-order valence-corrected chi connectivity index (χ4v) is 2.90. The highest BCUT2D eigenvalue weighted by Crippen LogP contribution is 2.29. The van der Waals surface area contributed by atoms with Gasteiger partial charge in [-0.1, -0.05) is 35.9 Å². The molecule has 0 bridgehead atoms. The topological polar surface area (TPSA) is 42.0 Å². The lowest BCUT2D eigenvalue weighted by Gasteiger charge is -2.26. The van der Waals surface area contributed by atoms with Gasteiger partial charge >= 0.3 is 0 Å². The lowest BCUT2D eigenvalue weighted by atomic mass is 9.87. The van der Waals surface area contributed by atoms with Crippen molar-refractivity contribution in [1.29, 1.82) is 0 Å². The predicted molar refractivity (Wildman–Crippen MR) is 78.8 cm³/mol. The van der Waals surface area contributed by atoms with E-state index in [1.165, 1.54) is 11.1 Å². The fraction of sp³-hybridized carbons (Fsp3) is 0.250. The maximum Gasteiger partial charge on any atom is 0.254 e. The lowest BCUT2D eigenvalue weighted by molar-refractivity contribution is 0.0932. The molecule has 0 saturated carbocycles. The van der Waals surface area contributed by atoms with Crippen molar-refractivity contribution in [3.8, 4) is 0 Å². The molecule has 1 amide bonds. The van der Waals surface area contributed by atoms with Gasteiger partial charge in [-0.25, -0.2) is 4.98 Å². The fourth-order valence-electron chi connectivity index (χ4n) is 2.70. The summed E-state index contributed by atoms with van der Waals surface area (Å²) in [5.74, 6) is -0.162. The minimum Gasteiger partial charge on any atom is -0.345 e. The molecule has 102 valence electrons. The van der Waals surface area contributed by atoms with E-state index in [1.807, 2.05) is 12.1 Å². The van der Waals surface area contributed by atoms with Crippen LogP contribution in [0.3, 0.4) is 0 Å². The lowest BCUT2D eigenvalue weighted by Crippen LogP contribution is -2.31. The number of halogens is 1. The predicted octanol–water partition coefficient (Wildman–Crippen LogP) is 3.54. The molecule has 4 heteroatoms. The van der Waals surface area contributed by atoms with E-state index in [9.17, 15) is 4.79 Å². The van der Waals surface area contributed by atoms with Gasteiger partial charge in [-0.15, -0.1) is 0 Å². The molecule has 1 atom stereocenters. The molecule has 2 aromatic rings. The third kappa shape index (κ3) is 2.54. The monoisotopic (exact) mass is 286 g/mol. The summed E-state index contributed by atoms with van der Waals surface area (Å²) in [5, 5.41) is 3.31. The van der Waals surface area contributed by atoms with Crippen molar-refractivity contribution in [1.82, 2.24) is 10.3 Å². The van der Waals surface area contributed by atoms with Crippen molar-refractivity contribution >= 4 is 17.5 Å². The largest absolute Gasteiger partial charge is 0.345 e. The van der Waals surface area contributed by atoms with E-state index in [2.05, 4.69) is 22.4 Å². The summed E-state index contributed by atoms with van der Waals surface area (Å²) in [4.78, 5) is 16.3. The van der Waals surface area contributed by atoms with Crippen LogP contribution in [0.1, 0.15) is 40.4 Å². The summed E-state index contributed by atoms with van der Waals surface area (Å²) < 4.78 is 0. The number of carbonyl (C=O) groups excluding carboxylic acids is 1. The third-order valence-electron chi connectivity index (χ3n) is 3.68. The number of aromatic nitrogens is 1. The van der Waals surface area contributed by atoms with E-state index in [4.69, 9.17) is 11.6 Å². The highest BCUT2D eigenvalue weighted by molar-refractivity contribution is 6.32. The molecule has 3 rings (SSSR count). The van der Waals surface area contributed by atoms with Crippen molar-refractivity contribution in [2.24, 2.45) is 0 Å². The van der Waals surface area contributed by atoms with Gasteiger partial charge in [0.2, 0.25) is 0 Å². The Morgan fingerprint density at radius 3 is 2.95 bits per heavy atom. The zero-order chi connectivity index (χ0) is 13.9. The van der Waals surface area contributed by atoms with Crippen LogP contribution in [-0.2, 0) is 6.42 Å². The highest BCUT2D eigenvalue weighted by Gasteiger charge is 2.22. The zero-order valence-corrected chi connectivity index (χ0v) is 11.7. The molecular formula is C16H15ClN2O. The summed E-state index contributed by atoms with van der Waals surface area (Å²) in [6.07, 6.45) is 4.70. The molecule has 1 N–H and O–H groups in total. The van der Waals surface area contributed by atoms with Gasteiger partial charge in [-0.3, -0.25) is 4.79 Å². The Bertz CT molecular complexity index is 642. The standard InChI is InChI=1S/C16H15ClN2O/c17-15-13(8-4-10-18-15)16(20)19-14-9-3-6-11-5-1-2-7-12(11)14/h1-2,4-5,7-8,10,14H,3,6,9H2,(H,19,20)/t14-/m0/s1. The van der Waals surface area contributed by atoms with Crippen LogP contribution in [0.25, 0.3) is 0 Å². The number of fused-ring (bicyclic) bond motifs is 1. The minimum atomic E-state index is -0.162. The normalized spacial score (nSPS) is 17.4. The third-order valence-corrected chi connectivity index (χ3v) is 3.98. The van der Waals surface area contributed by atoms with Gasteiger partial charge in [-0.05, 0) is 42.5 Å². The van der Waals surface area contributed by atoms with E-state index in [0.717, 1.165) is 19.3 Å². The Morgan fingerprint density at radius 2 is 2.10 bits per heavy atom. The van der Waals surface area contributed by atoms with Crippen LogP contribution in [0.5, 0.6) is 0 Å². The van der Waals surface area contributed by atoms with E-state index in [0.29, 0.717) is 5.56 Å². The Hall–Kier alpha value is -1.87. The highest BCUT2D eigenvalue weighted by atomic mass is 35.5. The van der Waals surface area contributed by atoms with Crippen molar-refractivity contribution in [3.05, 3.63) is 64.4 Å². The van der Waals surface area contributed by atoms with Crippen molar-refractivity contribution in [3.63, 3.8) is 0 Å². The summed E-state index contributed by atoms with van der Waals surface area (Å²) >= 11 is 5.97. The van der Waals surface area contributed by atoms with Gasteiger partial charge in [0, 0.05) is 6.20 Å². The molecule has 0 saturated heterocycles. The number of hydrogen-bond donors (Lipinski definition) is 1.